The summed E-state index contributed by atoms with van der Waals surface area (Å²) in [5.41, 5.74) is 7.22. The second-order valence-corrected chi connectivity index (χ2v) is 6.75. The van der Waals surface area contributed by atoms with E-state index in [1.54, 1.807) is 0 Å². The molecule has 1 aromatic carbocycles. The van der Waals surface area contributed by atoms with Gasteiger partial charge in [-0.25, -0.2) is 0 Å². The van der Waals surface area contributed by atoms with Crippen LogP contribution in [0.3, 0.4) is 0 Å². The third-order valence-electron chi connectivity index (χ3n) is 4.66. The molecule has 122 valence electrons. The Morgan fingerprint density at radius 3 is 2.75 bits per heavy atom. The Bertz CT molecular complexity index is 881. The van der Waals surface area contributed by atoms with Gasteiger partial charge in [0.15, 0.2) is 0 Å². The first-order valence-electron chi connectivity index (χ1n) is 8.08. The number of rotatable bonds is 2. The summed E-state index contributed by atoms with van der Waals surface area (Å²) in [5, 5.41) is 5.15. The number of aryl methyl sites for hydroxylation is 2. The Kier molecular flexibility index (Phi) is 3.77. The van der Waals surface area contributed by atoms with Crippen molar-refractivity contribution in [3.05, 3.63) is 64.6 Å². The van der Waals surface area contributed by atoms with E-state index in [0.29, 0.717) is 0 Å². The fourth-order valence-corrected chi connectivity index (χ4v) is 3.63. The van der Waals surface area contributed by atoms with Gasteiger partial charge in [0, 0.05) is 36.9 Å². The highest BCUT2D eigenvalue weighted by Gasteiger charge is 2.18. The Morgan fingerprint density at radius 2 is 1.96 bits per heavy atom. The number of hydrogen-bond acceptors (Lipinski definition) is 3. The van der Waals surface area contributed by atoms with Crippen LogP contribution in [-0.2, 0) is 20.0 Å². The lowest BCUT2D eigenvalue weighted by Crippen LogP contribution is -2.30. The standard InChI is InChI=1S/C19H19ClN4/c1-13-9-22-23(2)19(13)16-8-18(11-21-10-16)24-6-5-14-7-17(20)4-3-15(14)12-24/h3-4,7-11H,5-6,12H2,1-2H3. The van der Waals surface area contributed by atoms with E-state index < -0.39 is 0 Å². The SMILES string of the molecule is Cc1cnn(C)c1-c1cncc(N2CCc3cc(Cl)ccc3C2)c1. The maximum atomic E-state index is 6.11. The molecule has 2 aromatic heterocycles. The van der Waals surface area contributed by atoms with Crippen molar-refractivity contribution in [3.63, 3.8) is 0 Å². The van der Waals surface area contributed by atoms with E-state index in [4.69, 9.17) is 11.6 Å². The van der Waals surface area contributed by atoms with Gasteiger partial charge < -0.3 is 4.90 Å². The van der Waals surface area contributed by atoms with Gasteiger partial charge in [-0.1, -0.05) is 17.7 Å². The van der Waals surface area contributed by atoms with Crippen molar-refractivity contribution in [3.8, 4) is 11.3 Å². The largest absolute Gasteiger partial charge is 0.366 e. The number of halogens is 1. The zero-order chi connectivity index (χ0) is 16.7. The molecule has 1 aliphatic heterocycles. The first-order chi connectivity index (χ1) is 11.6. The van der Waals surface area contributed by atoms with Gasteiger partial charge in [0.2, 0.25) is 0 Å². The highest BCUT2D eigenvalue weighted by atomic mass is 35.5. The molecule has 0 fully saturated rings. The van der Waals surface area contributed by atoms with E-state index >= 15 is 0 Å². The van der Waals surface area contributed by atoms with Crippen LogP contribution >= 0.6 is 11.6 Å². The van der Waals surface area contributed by atoms with Crippen LogP contribution in [0.4, 0.5) is 5.69 Å². The van der Waals surface area contributed by atoms with Crippen LogP contribution in [0.1, 0.15) is 16.7 Å². The molecule has 0 bridgehead atoms. The van der Waals surface area contributed by atoms with Crippen molar-refractivity contribution in [2.75, 3.05) is 11.4 Å². The van der Waals surface area contributed by atoms with E-state index in [2.05, 4.69) is 40.1 Å². The highest BCUT2D eigenvalue weighted by molar-refractivity contribution is 6.30. The van der Waals surface area contributed by atoms with Crippen molar-refractivity contribution >= 4 is 17.3 Å². The molecule has 0 spiro atoms. The molecule has 0 unspecified atom stereocenters. The molecule has 0 radical (unpaired) electrons. The van der Waals surface area contributed by atoms with Crippen LogP contribution in [0.5, 0.6) is 0 Å². The summed E-state index contributed by atoms with van der Waals surface area (Å²) in [4.78, 5) is 6.84. The maximum absolute atomic E-state index is 6.11. The zero-order valence-electron chi connectivity index (χ0n) is 13.8. The molecule has 24 heavy (non-hydrogen) atoms. The second kappa shape index (κ2) is 5.95. The molecule has 0 atom stereocenters. The average Bonchev–Trinajstić information content (AvgIpc) is 2.93. The average molecular weight is 339 g/mol. The van der Waals surface area contributed by atoms with Gasteiger partial charge in [0.1, 0.15) is 0 Å². The second-order valence-electron chi connectivity index (χ2n) is 6.32. The number of hydrogen-bond donors (Lipinski definition) is 0. The molecule has 1 aliphatic rings. The van der Waals surface area contributed by atoms with Crippen molar-refractivity contribution < 1.29 is 0 Å². The molecule has 3 aromatic rings. The van der Waals surface area contributed by atoms with Crippen LogP contribution in [0.25, 0.3) is 11.3 Å². The lowest BCUT2D eigenvalue weighted by Gasteiger charge is -2.30. The minimum atomic E-state index is 0.817. The first kappa shape index (κ1) is 15.2. The topological polar surface area (TPSA) is 34.0 Å². The molecule has 3 heterocycles. The molecule has 4 rings (SSSR count). The van der Waals surface area contributed by atoms with Crippen LogP contribution in [0, 0.1) is 6.92 Å². The summed E-state index contributed by atoms with van der Waals surface area (Å²) >= 11 is 6.11. The Hall–Kier alpha value is -2.33. The molecule has 0 aliphatic carbocycles. The Morgan fingerprint density at radius 1 is 1.08 bits per heavy atom. The maximum Gasteiger partial charge on any atom is 0.0724 e. The molecule has 0 saturated heterocycles. The number of fused-ring (bicyclic) bond motifs is 1. The third kappa shape index (κ3) is 2.67. The van der Waals surface area contributed by atoms with Gasteiger partial charge >= 0.3 is 0 Å². The van der Waals surface area contributed by atoms with Crippen LogP contribution in [0.15, 0.2) is 42.9 Å². The summed E-state index contributed by atoms with van der Waals surface area (Å²) < 4.78 is 1.91. The van der Waals surface area contributed by atoms with Crippen LogP contribution in [-0.4, -0.2) is 21.3 Å². The smallest absolute Gasteiger partial charge is 0.0724 e. The predicted molar refractivity (Wildman–Crippen MR) is 97.4 cm³/mol. The molecule has 4 nitrogen and oxygen atoms in total. The van der Waals surface area contributed by atoms with Gasteiger partial charge in [0.05, 0.1) is 23.8 Å². The molecule has 0 amide bonds. The number of pyridine rings is 1. The van der Waals surface area contributed by atoms with Gasteiger partial charge in [-0.05, 0) is 48.2 Å². The van der Waals surface area contributed by atoms with Crippen molar-refractivity contribution in [1.29, 1.82) is 0 Å². The highest BCUT2D eigenvalue weighted by Crippen LogP contribution is 2.29. The summed E-state index contributed by atoms with van der Waals surface area (Å²) in [7, 11) is 1.97. The lowest BCUT2D eigenvalue weighted by atomic mass is 9.99. The van der Waals surface area contributed by atoms with Gasteiger partial charge in [-0.3, -0.25) is 9.67 Å². The minimum Gasteiger partial charge on any atom is -0.366 e. The Labute approximate surface area is 146 Å². The minimum absolute atomic E-state index is 0.817. The molecule has 0 saturated carbocycles. The number of anilines is 1. The van der Waals surface area contributed by atoms with E-state index in [0.717, 1.165) is 47.0 Å². The first-order valence-corrected chi connectivity index (χ1v) is 8.46. The van der Waals surface area contributed by atoms with Gasteiger partial charge in [-0.15, -0.1) is 0 Å². The van der Waals surface area contributed by atoms with Crippen molar-refractivity contribution in [2.45, 2.75) is 19.9 Å². The molecule has 5 heteroatoms. The van der Waals surface area contributed by atoms with E-state index in [1.807, 2.05) is 36.4 Å². The lowest BCUT2D eigenvalue weighted by molar-refractivity contribution is 0.730. The van der Waals surface area contributed by atoms with E-state index in [-0.39, 0.29) is 0 Å². The van der Waals surface area contributed by atoms with Gasteiger partial charge in [0.25, 0.3) is 0 Å². The fraction of sp³-hybridized carbons (Fsp3) is 0.263. The summed E-state index contributed by atoms with van der Waals surface area (Å²) in [6.07, 6.45) is 6.75. The van der Waals surface area contributed by atoms with E-state index in [1.165, 1.54) is 11.1 Å². The monoisotopic (exact) mass is 338 g/mol. The normalized spacial score (nSPS) is 13.9. The van der Waals surface area contributed by atoms with Gasteiger partial charge in [-0.2, -0.15) is 5.10 Å². The van der Waals surface area contributed by atoms with E-state index in [9.17, 15) is 0 Å². The summed E-state index contributed by atoms with van der Waals surface area (Å²) in [5.74, 6) is 0. The predicted octanol–water partition coefficient (Wildman–Crippen LogP) is 4.01. The number of benzene rings is 1. The van der Waals surface area contributed by atoms with Crippen LogP contribution < -0.4 is 4.90 Å². The summed E-state index contributed by atoms with van der Waals surface area (Å²) in [6.45, 7) is 3.95. The molecular weight excluding hydrogens is 320 g/mol. The van der Waals surface area contributed by atoms with Crippen LogP contribution in [0.2, 0.25) is 5.02 Å². The molecule has 0 N–H and O–H groups in total. The number of nitrogens with zero attached hydrogens (tertiary/aromatic N) is 4. The Balaban J connectivity index is 1.66. The third-order valence-corrected chi connectivity index (χ3v) is 4.90. The quantitative estimate of drug-likeness (QED) is 0.708. The fourth-order valence-electron chi connectivity index (χ4n) is 3.43. The van der Waals surface area contributed by atoms with Crippen molar-refractivity contribution in [2.24, 2.45) is 7.05 Å². The summed E-state index contributed by atoms with van der Waals surface area (Å²) in [6, 6.07) is 8.39. The zero-order valence-corrected chi connectivity index (χ0v) is 14.6. The number of aromatic nitrogens is 3. The van der Waals surface area contributed by atoms with Crippen molar-refractivity contribution in [1.82, 2.24) is 14.8 Å². The molecular formula is C19H19ClN4.